The van der Waals surface area contributed by atoms with Crippen molar-refractivity contribution in [2.45, 2.75) is 0 Å². The first-order chi connectivity index (χ1) is 11.1. The molecular weight excluding hydrogens is 297 g/mol. The summed E-state index contributed by atoms with van der Waals surface area (Å²) in [6.07, 6.45) is 1.52. The number of nitrogens with zero attached hydrogens (tertiary/aromatic N) is 4. The quantitative estimate of drug-likeness (QED) is 0.750. The van der Waals surface area contributed by atoms with E-state index in [1.165, 1.54) is 23.0 Å². The third-order valence-electron chi connectivity index (χ3n) is 3.43. The van der Waals surface area contributed by atoms with Crippen molar-refractivity contribution in [3.63, 3.8) is 0 Å². The van der Waals surface area contributed by atoms with Gasteiger partial charge in [-0.05, 0) is 18.2 Å². The minimum atomic E-state index is -0.426. The summed E-state index contributed by atoms with van der Waals surface area (Å²) < 4.78 is 15.5. The van der Waals surface area contributed by atoms with Crippen molar-refractivity contribution in [1.29, 1.82) is 5.26 Å². The van der Waals surface area contributed by atoms with Gasteiger partial charge >= 0.3 is 0 Å². The van der Waals surface area contributed by atoms with Crippen LogP contribution in [-0.2, 0) is 7.05 Å². The van der Waals surface area contributed by atoms with Gasteiger partial charge in [-0.3, -0.25) is 9.48 Å². The van der Waals surface area contributed by atoms with Crippen LogP contribution in [0, 0.1) is 17.1 Å². The molecule has 1 amide bonds. The largest absolute Gasteiger partial charge is 0.339 e. The van der Waals surface area contributed by atoms with Crippen LogP contribution in [0.3, 0.4) is 0 Å². The highest BCUT2D eigenvalue weighted by atomic mass is 19.1. The number of carbonyl (C=O) groups is 1. The number of aromatic nitrogens is 3. The molecule has 0 spiro atoms. The van der Waals surface area contributed by atoms with E-state index in [2.05, 4.69) is 15.4 Å². The van der Waals surface area contributed by atoms with E-state index < -0.39 is 11.7 Å². The van der Waals surface area contributed by atoms with E-state index in [0.717, 1.165) is 0 Å². The molecule has 0 radical (unpaired) electrons. The van der Waals surface area contributed by atoms with Gasteiger partial charge in [0.05, 0.1) is 28.9 Å². The second kappa shape index (κ2) is 5.85. The molecule has 0 fully saturated rings. The zero-order chi connectivity index (χ0) is 16.4. The molecule has 2 heterocycles. The molecule has 2 aromatic heterocycles. The summed E-state index contributed by atoms with van der Waals surface area (Å²) in [5.41, 5.74) is 1.40. The number of benzene rings is 1. The molecule has 3 aromatic rings. The highest BCUT2D eigenvalue weighted by Crippen LogP contribution is 2.26. The van der Waals surface area contributed by atoms with Gasteiger partial charge < -0.3 is 5.32 Å². The normalized spacial score (nSPS) is 10.5. The lowest BCUT2D eigenvalue weighted by atomic mass is 10.1. The van der Waals surface area contributed by atoms with E-state index >= 15 is 0 Å². The Hall–Kier alpha value is -3.27. The van der Waals surface area contributed by atoms with E-state index in [0.29, 0.717) is 27.9 Å². The first-order valence-electron chi connectivity index (χ1n) is 6.84. The number of rotatable bonds is 3. The summed E-state index contributed by atoms with van der Waals surface area (Å²) in [7, 11) is 1.69. The number of carbonyl (C=O) groups excluding carboxylic acids is 1. The molecule has 7 heteroatoms. The van der Waals surface area contributed by atoms with Gasteiger partial charge in [0.1, 0.15) is 12.4 Å². The highest BCUT2D eigenvalue weighted by molar-refractivity contribution is 6.06. The fraction of sp³-hybridized carbons (Fsp3) is 0.125. The monoisotopic (exact) mass is 309 g/mol. The smallest absolute Gasteiger partial charge is 0.252 e. The van der Waals surface area contributed by atoms with Gasteiger partial charge in [0.2, 0.25) is 0 Å². The molecule has 0 bridgehead atoms. The van der Waals surface area contributed by atoms with Crippen molar-refractivity contribution in [2.75, 3.05) is 6.54 Å². The lowest BCUT2D eigenvalue weighted by molar-refractivity contribution is 0.0960. The van der Waals surface area contributed by atoms with Crippen molar-refractivity contribution in [2.24, 2.45) is 7.05 Å². The third-order valence-corrected chi connectivity index (χ3v) is 3.43. The van der Waals surface area contributed by atoms with Crippen LogP contribution in [0.4, 0.5) is 4.39 Å². The Morgan fingerprint density at radius 1 is 1.43 bits per heavy atom. The van der Waals surface area contributed by atoms with Crippen LogP contribution in [0.2, 0.25) is 0 Å². The predicted molar refractivity (Wildman–Crippen MR) is 81.8 cm³/mol. The Morgan fingerprint density at radius 3 is 2.96 bits per heavy atom. The van der Waals surface area contributed by atoms with Gasteiger partial charge in [0, 0.05) is 12.6 Å². The molecule has 0 saturated carbocycles. The number of nitriles is 1. The molecule has 1 aromatic carbocycles. The second-order valence-electron chi connectivity index (χ2n) is 4.88. The molecule has 114 valence electrons. The van der Waals surface area contributed by atoms with Gasteiger partial charge in [-0.25, -0.2) is 9.37 Å². The minimum Gasteiger partial charge on any atom is -0.339 e. The van der Waals surface area contributed by atoms with Crippen LogP contribution in [0.25, 0.3) is 22.3 Å². The Kier molecular flexibility index (Phi) is 3.73. The molecule has 6 nitrogen and oxygen atoms in total. The van der Waals surface area contributed by atoms with Gasteiger partial charge in [-0.15, -0.1) is 0 Å². The Labute approximate surface area is 131 Å². The molecule has 23 heavy (non-hydrogen) atoms. The van der Waals surface area contributed by atoms with Crippen molar-refractivity contribution in [1.82, 2.24) is 20.1 Å². The number of amides is 1. The first-order valence-corrected chi connectivity index (χ1v) is 6.84. The van der Waals surface area contributed by atoms with E-state index in [-0.39, 0.29) is 6.54 Å². The standard InChI is InChI=1S/C16H12FN5O/c1-22-15-12(9-20-22)11(16(23)19-7-6-18)8-14(21-15)10-4-2-3-5-13(10)17/h2-5,8-9H,7H2,1H3,(H,19,23). The maximum Gasteiger partial charge on any atom is 0.252 e. The van der Waals surface area contributed by atoms with Crippen molar-refractivity contribution in [3.05, 3.63) is 47.9 Å². The number of pyridine rings is 1. The zero-order valence-electron chi connectivity index (χ0n) is 12.2. The number of hydrogen-bond donors (Lipinski definition) is 1. The van der Waals surface area contributed by atoms with Gasteiger partial charge in [0.15, 0.2) is 5.65 Å². The summed E-state index contributed by atoms with van der Waals surface area (Å²) >= 11 is 0. The van der Waals surface area contributed by atoms with E-state index in [4.69, 9.17) is 5.26 Å². The molecule has 0 aliphatic rings. The molecule has 0 unspecified atom stereocenters. The number of fused-ring (bicyclic) bond motifs is 1. The van der Waals surface area contributed by atoms with Gasteiger partial charge in [-0.1, -0.05) is 12.1 Å². The molecule has 0 saturated heterocycles. The average Bonchev–Trinajstić information content (AvgIpc) is 2.93. The third kappa shape index (κ3) is 2.62. The number of nitrogens with one attached hydrogen (secondary N) is 1. The average molecular weight is 309 g/mol. The second-order valence-corrected chi connectivity index (χ2v) is 4.88. The van der Waals surface area contributed by atoms with Crippen LogP contribution in [0.15, 0.2) is 36.5 Å². The molecule has 0 atom stereocenters. The highest BCUT2D eigenvalue weighted by Gasteiger charge is 2.17. The van der Waals surface area contributed by atoms with Crippen LogP contribution >= 0.6 is 0 Å². The topological polar surface area (TPSA) is 83.6 Å². The molecule has 0 aliphatic carbocycles. The maximum atomic E-state index is 14.0. The summed E-state index contributed by atoms with van der Waals surface area (Å²) in [5, 5.41) is 15.7. The van der Waals surface area contributed by atoms with Crippen LogP contribution in [-0.4, -0.2) is 27.2 Å². The summed E-state index contributed by atoms with van der Waals surface area (Å²) in [6, 6.07) is 9.57. The lowest BCUT2D eigenvalue weighted by Crippen LogP contribution is -2.23. The van der Waals surface area contributed by atoms with E-state index in [9.17, 15) is 9.18 Å². The molecule has 1 N–H and O–H groups in total. The van der Waals surface area contributed by atoms with Crippen molar-refractivity contribution in [3.8, 4) is 17.3 Å². The maximum absolute atomic E-state index is 14.0. The number of hydrogen-bond acceptors (Lipinski definition) is 4. The minimum absolute atomic E-state index is 0.113. The van der Waals surface area contributed by atoms with Crippen molar-refractivity contribution >= 4 is 16.9 Å². The summed E-state index contributed by atoms with van der Waals surface area (Å²) in [6.45, 7) is -0.113. The SMILES string of the molecule is Cn1ncc2c(C(=O)NCC#N)cc(-c3ccccc3F)nc21. The molecule has 3 rings (SSSR count). The summed E-state index contributed by atoms with van der Waals surface area (Å²) in [4.78, 5) is 16.7. The first kappa shape index (κ1) is 14.7. The molecule has 0 aliphatic heterocycles. The number of aryl methyl sites for hydroxylation is 1. The van der Waals surface area contributed by atoms with Crippen LogP contribution < -0.4 is 5.32 Å². The lowest BCUT2D eigenvalue weighted by Gasteiger charge is -2.08. The Morgan fingerprint density at radius 2 is 2.22 bits per heavy atom. The van der Waals surface area contributed by atoms with Gasteiger partial charge in [0.25, 0.3) is 5.91 Å². The van der Waals surface area contributed by atoms with E-state index in [1.807, 2.05) is 6.07 Å². The zero-order valence-corrected chi connectivity index (χ0v) is 12.2. The van der Waals surface area contributed by atoms with Gasteiger partial charge in [-0.2, -0.15) is 10.4 Å². The fourth-order valence-electron chi connectivity index (χ4n) is 2.32. The van der Waals surface area contributed by atoms with Crippen molar-refractivity contribution < 1.29 is 9.18 Å². The summed E-state index contributed by atoms with van der Waals surface area (Å²) in [5.74, 6) is -0.852. The number of halogens is 1. The predicted octanol–water partition coefficient (Wildman–Crippen LogP) is 2.03. The van der Waals surface area contributed by atoms with Crippen LogP contribution in [0.1, 0.15) is 10.4 Å². The fourth-order valence-corrected chi connectivity index (χ4v) is 2.32. The van der Waals surface area contributed by atoms with E-state index in [1.54, 1.807) is 25.2 Å². The molecular formula is C16H12FN5O. The van der Waals surface area contributed by atoms with Crippen LogP contribution in [0.5, 0.6) is 0 Å². The Balaban J connectivity index is 2.21. The Bertz CT molecular complexity index is 941.